The van der Waals surface area contributed by atoms with Crippen LogP contribution in [0.1, 0.15) is 31.7 Å². The topological polar surface area (TPSA) is 12.0 Å². The van der Waals surface area contributed by atoms with E-state index in [-0.39, 0.29) is 0 Å². The van der Waals surface area contributed by atoms with Crippen LogP contribution >= 0.6 is 15.9 Å². The van der Waals surface area contributed by atoms with E-state index in [1.165, 1.54) is 35.7 Å². The number of nitrogens with one attached hydrogen (secondary N) is 1. The predicted molar refractivity (Wildman–Crippen MR) is 70.2 cm³/mol. The summed E-state index contributed by atoms with van der Waals surface area (Å²) in [5, 5.41) is 3.42. The Labute approximate surface area is 101 Å². The van der Waals surface area contributed by atoms with Crippen molar-refractivity contribution in [2.24, 2.45) is 0 Å². The molecule has 1 nitrogen and oxygen atoms in total. The summed E-state index contributed by atoms with van der Waals surface area (Å²) in [5.74, 6) is 0. The fourth-order valence-corrected chi connectivity index (χ4v) is 2.02. The Morgan fingerprint density at radius 1 is 1.20 bits per heavy atom. The Morgan fingerprint density at radius 3 is 2.80 bits per heavy atom. The average Bonchev–Trinajstić information content (AvgIpc) is 2.23. The van der Waals surface area contributed by atoms with Crippen LogP contribution < -0.4 is 5.32 Å². The molecule has 0 aliphatic heterocycles. The first kappa shape index (κ1) is 12.7. The summed E-state index contributed by atoms with van der Waals surface area (Å²) < 4.78 is 1.18. The Bertz CT molecular complexity index is 273. The lowest BCUT2D eigenvalue weighted by Crippen LogP contribution is -2.15. The normalized spacial score (nSPS) is 10.5. The molecule has 15 heavy (non-hydrogen) atoms. The SMILES string of the molecule is CCCNCCCCc1cccc(Br)c1. The first-order valence-corrected chi connectivity index (χ1v) is 6.57. The van der Waals surface area contributed by atoms with Gasteiger partial charge in [0.05, 0.1) is 0 Å². The van der Waals surface area contributed by atoms with Crippen LogP contribution in [0.2, 0.25) is 0 Å². The summed E-state index contributed by atoms with van der Waals surface area (Å²) in [6, 6.07) is 8.59. The van der Waals surface area contributed by atoms with Gasteiger partial charge in [-0.2, -0.15) is 0 Å². The van der Waals surface area contributed by atoms with Gasteiger partial charge in [0, 0.05) is 4.47 Å². The van der Waals surface area contributed by atoms with Crippen molar-refractivity contribution in [2.45, 2.75) is 32.6 Å². The minimum atomic E-state index is 1.15. The van der Waals surface area contributed by atoms with E-state index in [1.54, 1.807) is 0 Å². The van der Waals surface area contributed by atoms with E-state index in [4.69, 9.17) is 0 Å². The molecule has 0 unspecified atom stereocenters. The van der Waals surface area contributed by atoms with Crippen LogP contribution in [0, 0.1) is 0 Å². The summed E-state index contributed by atoms with van der Waals surface area (Å²) in [7, 11) is 0. The fourth-order valence-electron chi connectivity index (χ4n) is 1.57. The van der Waals surface area contributed by atoms with Crippen LogP contribution in [-0.4, -0.2) is 13.1 Å². The molecule has 1 N–H and O–H groups in total. The fraction of sp³-hybridized carbons (Fsp3) is 0.538. The van der Waals surface area contributed by atoms with Gasteiger partial charge < -0.3 is 5.32 Å². The van der Waals surface area contributed by atoms with E-state index >= 15 is 0 Å². The van der Waals surface area contributed by atoms with Crippen molar-refractivity contribution >= 4 is 15.9 Å². The molecule has 0 aliphatic rings. The molecule has 1 rings (SSSR count). The molecule has 0 atom stereocenters. The molecule has 1 aromatic rings. The summed E-state index contributed by atoms with van der Waals surface area (Å²) >= 11 is 3.49. The highest BCUT2D eigenvalue weighted by Gasteiger charge is 1.94. The molecule has 0 saturated carbocycles. The number of hydrogen-bond acceptors (Lipinski definition) is 1. The number of hydrogen-bond donors (Lipinski definition) is 1. The molecule has 0 saturated heterocycles. The van der Waals surface area contributed by atoms with Crippen molar-refractivity contribution in [1.29, 1.82) is 0 Å². The maximum atomic E-state index is 3.49. The molecular formula is C13H20BrN. The third-order valence-electron chi connectivity index (χ3n) is 2.38. The molecule has 0 aliphatic carbocycles. The van der Waals surface area contributed by atoms with Crippen LogP contribution in [0.15, 0.2) is 28.7 Å². The van der Waals surface area contributed by atoms with Gasteiger partial charge in [-0.15, -0.1) is 0 Å². The highest BCUT2D eigenvalue weighted by atomic mass is 79.9. The highest BCUT2D eigenvalue weighted by Crippen LogP contribution is 2.13. The second kappa shape index (κ2) is 7.89. The Hall–Kier alpha value is -0.340. The van der Waals surface area contributed by atoms with Gasteiger partial charge in [0.15, 0.2) is 0 Å². The molecule has 0 radical (unpaired) electrons. The average molecular weight is 270 g/mol. The Morgan fingerprint density at radius 2 is 2.07 bits per heavy atom. The van der Waals surface area contributed by atoms with Crippen molar-refractivity contribution in [3.8, 4) is 0 Å². The zero-order valence-electron chi connectivity index (χ0n) is 9.43. The first-order chi connectivity index (χ1) is 7.33. The van der Waals surface area contributed by atoms with Crippen LogP contribution in [0.4, 0.5) is 0 Å². The van der Waals surface area contributed by atoms with Gasteiger partial charge in [-0.3, -0.25) is 0 Å². The number of rotatable bonds is 7. The van der Waals surface area contributed by atoms with Crippen molar-refractivity contribution in [3.63, 3.8) is 0 Å². The van der Waals surface area contributed by atoms with Gasteiger partial charge in [0.1, 0.15) is 0 Å². The summed E-state index contributed by atoms with van der Waals surface area (Å²) in [6.07, 6.45) is 4.96. The third-order valence-corrected chi connectivity index (χ3v) is 2.88. The van der Waals surface area contributed by atoms with E-state index in [0.29, 0.717) is 0 Å². The molecule has 0 fully saturated rings. The largest absolute Gasteiger partial charge is 0.317 e. The highest BCUT2D eigenvalue weighted by molar-refractivity contribution is 9.10. The molecular weight excluding hydrogens is 250 g/mol. The van der Waals surface area contributed by atoms with Crippen LogP contribution in [0.5, 0.6) is 0 Å². The number of benzene rings is 1. The van der Waals surface area contributed by atoms with Crippen LogP contribution in [0.3, 0.4) is 0 Å². The van der Waals surface area contributed by atoms with Gasteiger partial charge in [-0.1, -0.05) is 35.0 Å². The maximum Gasteiger partial charge on any atom is 0.0177 e. The van der Waals surface area contributed by atoms with E-state index in [1.807, 2.05) is 0 Å². The lowest BCUT2D eigenvalue weighted by Gasteiger charge is -2.03. The number of halogens is 1. The molecule has 1 aromatic carbocycles. The van der Waals surface area contributed by atoms with E-state index in [2.05, 4.69) is 52.4 Å². The third kappa shape index (κ3) is 5.95. The van der Waals surface area contributed by atoms with E-state index in [9.17, 15) is 0 Å². The lowest BCUT2D eigenvalue weighted by atomic mass is 10.1. The first-order valence-electron chi connectivity index (χ1n) is 5.78. The van der Waals surface area contributed by atoms with Gasteiger partial charge in [0.2, 0.25) is 0 Å². The minimum absolute atomic E-state index is 1.15. The zero-order chi connectivity index (χ0) is 10.9. The monoisotopic (exact) mass is 269 g/mol. The van der Waals surface area contributed by atoms with Crippen molar-refractivity contribution in [2.75, 3.05) is 13.1 Å². The van der Waals surface area contributed by atoms with Gasteiger partial charge in [-0.05, 0) is 56.5 Å². The minimum Gasteiger partial charge on any atom is -0.317 e. The molecule has 0 bridgehead atoms. The molecule has 0 amide bonds. The van der Waals surface area contributed by atoms with Crippen LogP contribution in [-0.2, 0) is 6.42 Å². The zero-order valence-corrected chi connectivity index (χ0v) is 11.0. The van der Waals surface area contributed by atoms with Crippen LogP contribution in [0.25, 0.3) is 0 Å². The molecule has 0 aromatic heterocycles. The van der Waals surface area contributed by atoms with Crippen molar-refractivity contribution in [1.82, 2.24) is 5.32 Å². The van der Waals surface area contributed by atoms with Gasteiger partial charge in [0.25, 0.3) is 0 Å². The maximum absolute atomic E-state index is 3.49. The van der Waals surface area contributed by atoms with Gasteiger partial charge >= 0.3 is 0 Å². The smallest absolute Gasteiger partial charge is 0.0177 e. The van der Waals surface area contributed by atoms with Gasteiger partial charge in [-0.25, -0.2) is 0 Å². The van der Waals surface area contributed by atoms with E-state index in [0.717, 1.165) is 13.1 Å². The number of aryl methyl sites for hydroxylation is 1. The standard InChI is InChI=1S/C13H20BrN/c1-2-9-15-10-4-3-6-12-7-5-8-13(14)11-12/h5,7-8,11,15H,2-4,6,9-10H2,1H3. The molecule has 2 heteroatoms. The quantitative estimate of drug-likeness (QED) is 0.744. The second-order valence-electron chi connectivity index (χ2n) is 3.84. The number of unbranched alkanes of at least 4 members (excludes halogenated alkanes) is 1. The Balaban J connectivity index is 2.10. The van der Waals surface area contributed by atoms with E-state index < -0.39 is 0 Å². The summed E-state index contributed by atoms with van der Waals surface area (Å²) in [4.78, 5) is 0. The lowest BCUT2D eigenvalue weighted by molar-refractivity contribution is 0.617. The summed E-state index contributed by atoms with van der Waals surface area (Å²) in [5.41, 5.74) is 1.43. The second-order valence-corrected chi connectivity index (χ2v) is 4.75. The van der Waals surface area contributed by atoms with Crippen molar-refractivity contribution in [3.05, 3.63) is 34.3 Å². The van der Waals surface area contributed by atoms with Crippen molar-refractivity contribution < 1.29 is 0 Å². The summed E-state index contributed by atoms with van der Waals surface area (Å²) in [6.45, 7) is 4.51. The molecule has 84 valence electrons. The molecule has 0 spiro atoms. The molecule has 0 heterocycles. The Kier molecular flexibility index (Phi) is 6.69. The predicted octanol–water partition coefficient (Wildman–Crippen LogP) is 3.77.